The maximum absolute atomic E-state index is 5.89. The van der Waals surface area contributed by atoms with Crippen molar-refractivity contribution in [2.45, 2.75) is 19.3 Å². The van der Waals surface area contributed by atoms with E-state index in [9.17, 15) is 0 Å². The van der Waals surface area contributed by atoms with Gasteiger partial charge >= 0.3 is 0 Å². The lowest BCUT2D eigenvalue weighted by atomic mass is 9.87. The predicted molar refractivity (Wildman–Crippen MR) is 60.4 cm³/mol. The molecule has 0 bridgehead atoms. The van der Waals surface area contributed by atoms with E-state index in [1.807, 2.05) is 0 Å². The maximum Gasteiger partial charge on any atom is 0.125 e. The van der Waals surface area contributed by atoms with E-state index in [0.717, 1.165) is 31.4 Å². The fourth-order valence-corrected chi connectivity index (χ4v) is 2.88. The lowest BCUT2D eigenvalue weighted by molar-refractivity contribution is 0.295. The van der Waals surface area contributed by atoms with E-state index in [1.54, 1.807) is 0 Å². The molecule has 1 N–H and O–H groups in total. The molecule has 2 unspecified atom stereocenters. The van der Waals surface area contributed by atoms with Crippen molar-refractivity contribution in [1.82, 2.24) is 5.32 Å². The lowest BCUT2D eigenvalue weighted by Gasteiger charge is -2.16. The van der Waals surface area contributed by atoms with Crippen molar-refractivity contribution in [3.05, 3.63) is 29.3 Å². The Labute approximate surface area is 90.6 Å². The van der Waals surface area contributed by atoms with Gasteiger partial charge in [0.05, 0.1) is 6.61 Å². The molecular weight excluding hydrogens is 186 g/mol. The molecule has 2 aliphatic heterocycles. The van der Waals surface area contributed by atoms with Gasteiger partial charge in [0.15, 0.2) is 0 Å². The SMILES string of the molecule is Cc1cccc2c1OCCC1CNCC21. The van der Waals surface area contributed by atoms with Gasteiger partial charge in [-0.15, -0.1) is 0 Å². The number of nitrogens with one attached hydrogen (secondary N) is 1. The molecule has 0 aliphatic carbocycles. The topological polar surface area (TPSA) is 21.3 Å². The van der Waals surface area contributed by atoms with Crippen LogP contribution in [-0.2, 0) is 0 Å². The number of benzene rings is 1. The van der Waals surface area contributed by atoms with Crippen molar-refractivity contribution in [2.75, 3.05) is 19.7 Å². The Bertz CT molecular complexity index is 375. The summed E-state index contributed by atoms with van der Waals surface area (Å²) in [6.45, 7) is 5.29. The number of rotatable bonds is 0. The van der Waals surface area contributed by atoms with Gasteiger partial charge in [-0.05, 0) is 36.9 Å². The quantitative estimate of drug-likeness (QED) is 0.697. The van der Waals surface area contributed by atoms with Crippen LogP contribution in [-0.4, -0.2) is 19.7 Å². The van der Waals surface area contributed by atoms with Crippen LogP contribution in [0.1, 0.15) is 23.5 Å². The Hall–Kier alpha value is -1.02. The summed E-state index contributed by atoms with van der Waals surface area (Å²) in [4.78, 5) is 0. The van der Waals surface area contributed by atoms with E-state index < -0.39 is 0 Å². The fraction of sp³-hybridized carbons (Fsp3) is 0.538. The van der Waals surface area contributed by atoms with E-state index in [1.165, 1.54) is 17.5 Å². The third-order valence-corrected chi connectivity index (χ3v) is 3.72. The molecule has 80 valence electrons. The van der Waals surface area contributed by atoms with Crippen LogP contribution in [0.3, 0.4) is 0 Å². The first-order valence-electron chi connectivity index (χ1n) is 5.79. The van der Waals surface area contributed by atoms with E-state index in [2.05, 4.69) is 30.4 Å². The number of para-hydroxylation sites is 1. The van der Waals surface area contributed by atoms with E-state index in [0.29, 0.717) is 5.92 Å². The van der Waals surface area contributed by atoms with Crippen LogP contribution in [0.4, 0.5) is 0 Å². The minimum Gasteiger partial charge on any atom is -0.493 e. The summed E-state index contributed by atoms with van der Waals surface area (Å²) < 4.78 is 5.89. The monoisotopic (exact) mass is 203 g/mol. The largest absolute Gasteiger partial charge is 0.493 e. The third-order valence-electron chi connectivity index (χ3n) is 3.72. The molecule has 1 aromatic carbocycles. The number of ether oxygens (including phenoxy) is 1. The zero-order chi connectivity index (χ0) is 10.3. The van der Waals surface area contributed by atoms with Crippen LogP contribution in [0.5, 0.6) is 5.75 Å². The molecule has 2 atom stereocenters. The zero-order valence-corrected chi connectivity index (χ0v) is 9.12. The number of hydrogen-bond acceptors (Lipinski definition) is 2. The molecule has 1 saturated heterocycles. The highest BCUT2D eigenvalue weighted by Crippen LogP contribution is 2.39. The first-order chi connectivity index (χ1) is 7.36. The summed E-state index contributed by atoms with van der Waals surface area (Å²) in [7, 11) is 0. The van der Waals surface area contributed by atoms with Gasteiger partial charge < -0.3 is 10.1 Å². The smallest absolute Gasteiger partial charge is 0.125 e. The Morgan fingerprint density at radius 1 is 1.33 bits per heavy atom. The average Bonchev–Trinajstić information content (AvgIpc) is 2.62. The second-order valence-corrected chi connectivity index (χ2v) is 4.66. The van der Waals surface area contributed by atoms with E-state index in [4.69, 9.17) is 4.74 Å². The molecule has 0 spiro atoms. The average molecular weight is 203 g/mol. The van der Waals surface area contributed by atoms with Gasteiger partial charge in [-0.1, -0.05) is 18.2 Å². The highest BCUT2D eigenvalue weighted by atomic mass is 16.5. The fourth-order valence-electron chi connectivity index (χ4n) is 2.88. The van der Waals surface area contributed by atoms with Gasteiger partial charge in [0.1, 0.15) is 5.75 Å². The molecule has 2 nitrogen and oxygen atoms in total. The van der Waals surface area contributed by atoms with Gasteiger partial charge in [-0.25, -0.2) is 0 Å². The summed E-state index contributed by atoms with van der Waals surface area (Å²) in [5.74, 6) is 2.59. The molecule has 0 saturated carbocycles. The second kappa shape index (κ2) is 3.53. The Morgan fingerprint density at radius 2 is 2.27 bits per heavy atom. The number of fused-ring (bicyclic) bond motifs is 3. The summed E-state index contributed by atoms with van der Waals surface area (Å²) in [5.41, 5.74) is 2.70. The maximum atomic E-state index is 5.89. The van der Waals surface area contributed by atoms with Crippen molar-refractivity contribution in [1.29, 1.82) is 0 Å². The molecule has 0 amide bonds. The molecule has 0 aromatic heterocycles. The van der Waals surface area contributed by atoms with Gasteiger partial charge in [0, 0.05) is 12.5 Å². The second-order valence-electron chi connectivity index (χ2n) is 4.66. The number of hydrogen-bond donors (Lipinski definition) is 1. The predicted octanol–water partition coefficient (Wildman–Crippen LogP) is 2.08. The molecule has 3 rings (SSSR count). The first kappa shape index (κ1) is 9.22. The zero-order valence-electron chi connectivity index (χ0n) is 9.12. The van der Waals surface area contributed by atoms with E-state index >= 15 is 0 Å². The van der Waals surface area contributed by atoms with Crippen molar-refractivity contribution in [3.63, 3.8) is 0 Å². The van der Waals surface area contributed by atoms with Gasteiger partial charge in [-0.3, -0.25) is 0 Å². The molecule has 1 aromatic rings. The third kappa shape index (κ3) is 1.44. The minimum absolute atomic E-state index is 0.669. The molecule has 0 radical (unpaired) electrons. The standard InChI is InChI=1S/C13H17NO/c1-9-3-2-4-11-12-8-14-7-10(12)5-6-15-13(9)11/h2-4,10,12,14H,5-8H2,1H3. The first-order valence-corrected chi connectivity index (χ1v) is 5.79. The van der Waals surface area contributed by atoms with Crippen molar-refractivity contribution in [3.8, 4) is 5.75 Å². The molecular formula is C13H17NO. The molecule has 2 aliphatic rings. The summed E-state index contributed by atoms with van der Waals surface area (Å²) in [6.07, 6.45) is 1.19. The highest BCUT2D eigenvalue weighted by molar-refractivity contribution is 5.44. The van der Waals surface area contributed by atoms with Gasteiger partial charge in [-0.2, -0.15) is 0 Å². The van der Waals surface area contributed by atoms with Crippen LogP contribution in [0.15, 0.2) is 18.2 Å². The summed E-state index contributed by atoms with van der Waals surface area (Å²) in [5, 5.41) is 3.50. The van der Waals surface area contributed by atoms with Gasteiger partial charge in [0.25, 0.3) is 0 Å². The lowest BCUT2D eigenvalue weighted by Crippen LogP contribution is -2.11. The van der Waals surface area contributed by atoms with Crippen LogP contribution in [0, 0.1) is 12.8 Å². The summed E-state index contributed by atoms with van der Waals surface area (Å²) >= 11 is 0. The minimum atomic E-state index is 0.669. The van der Waals surface area contributed by atoms with Crippen molar-refractivity contribution < 1.29 is 4.74 Å². The van der Waals surface area contributed by atoms with Crippen LogP contribution >= 0.6 is 0 Å². The highest BCUT2D eigenvalue weighted by Gasteiger charge is 2.32. The van der Waals surface area contributed by atoms with E-state index in [-0.39, 0.29) is 0 Å². The Kier molecular flexibility index (Phi) is 2.17. The molecule has 2 heteroatoms. The molecule has 2 heterocycles. The van der Waals surface area contributed by atoms with Crippen molar-refractivity contribution in [2.24, 2.45) is 5.92 Å². The molecule has 1 fully saturated rings. The Balaban J connectivity index is 2.09. The molecule has 15 heavy (non-hydrogen) atoms. The van der Waals surface area contributed by atoms with Crippen LogP contribution < -0.4 is 10.1 Å². The van der Waals surface area contributed by atoms with Gasteiger partial charge in [0.2, 0.25) is 0 Å². The van der Waals surface area contributed by atoms with Crippen LogP contribution in [0.2, 0.25) is 0 Å². The Morgan fingerprint density at radius 3 is 3.20 bits per heavy atom. The summed E-state index contributed by atoms with van der Waals surface area (Å²) in [6, 6.07) is 6.53. The number of aryl methyl sites for hydroxylation is 1. The van der Waals surface area contributed by atoms with Crippen LogP contribution in [0.25, 0.3) is 0 Å². The normalized spacial score (nSPS) is 28.9. The van der Waals surface area contributed by atoms with Crippen molar-refractivity contribution >= 4 is 0 Å².